The summed E-state index contributed by atoms with van der Waals surface area (Å²) < 4.78 is 5.61. The zero-order valence-electron chi connectivity index (χ0n) is 15.3. The largest absolute Gasteiger partial charge is 0.535 e. The van der Waals surface area contributed by atoms with Crippen molar-refractivity contribution in [3.05, 3.63) is 64.2 Å². The van der Waals surface area contributed by atoms with Crippen LogP contribution in [0.4, 0.5) is 0 Å². The normalized spacial score (nSPS) is 15.9. The highest BCUT2D eigenvalue weighted by Crippen LogP contribution is 2.36. The Morgan fingerprint density at radius 1 is 1.19 bits per heavy atom. The zero-order chi connectivity index (χ0) is 19.6. The Kier molecular flexibility index (Phi) is 5.75. The van der Waals surface area contributed by atoms with Gasteiger partial charge in [0.1, 0.15) is 5.75 Å². The maximum Gasteiger partial charge on any atom is 0.526 e. The van der Waals surface area contributed by atoms with Gasteiger partial charge in [0.05, 0.1) is 5.56 Å². The number of fused-ring (bicyclic) bond motifs is 1. The molecule has 1 heterocycles. The van der Waals surface area contributed by atoms with Gasteiger partial charge in [-0.3, -0.25) is 9.59 Å². The Balaban J connectivity index is 1.82. The van der Waals surface area contributed by atoms with Gasteiger partial charge in [0.15, 0.2) is 11.6 Å². The van der Waals surface area contributed by atoms with E-state index in [0.717, 1.165) is 16.7 Å². The highest BCUT2D eigenvalue weighted by Gasteiger charge is 2.37. The molecule has 7 heteroatoms. The SMILES string of the molecule is CC(=O)c1cccc2c1OB(O)[C@@H](CC(=O)c1cc(CN)cc(CN)c1)C2. The molecule has 2 aromatic carbocycles. The lowest BCUT2D eigenvalue weighted by Gasteiger charge is -2.28. The lowest BCUT2D eigenvalue weighted by molar-refractivity contribution is 0.0971. The molecule has 1 atom stereocenters. The van der Waals surface area contributed by atoms with E-state index in [4.69, 9.17) is 16.1 Å². The van der Waals surface area contributed by atoms with E-state index in [1.165, 1.54) is 6.92 Å². The van der Waals surface area contributed by atoms with Crippen molar-refractivity contribution in [3.63, 3.8) is 0 Å². The standard InChI is InChI=1S/C20H23BN2O4/c1-12(24)18-4-2-3-15-8-17(21(26)27-20(15)18)9-19(25)16-6-13(10-22)5-14(7-16)11-23/h2-7,17,26H,8-11,22-23H2,1H3/t17-/m1/s1. The van der Waals surface area contributed by atoms with Gasteiger partial charge in [-0.1, -0.05) is 18.2 Å². The van der Waals surface area contributed by atoms with Crippen molar-refractivity contribution >= 4 is 18.7 Å². The average molecular weight is 366 g/mol. The maximum absolute atomic E-state index is 12.8. The monoisotopic (exact) mass is 366 g/mol. The molecule has 6 nitrogen and oxygen atoms in total. The number of ketones is 2. The Labute approximate surface area is 158 Å². The third-order valence-electron chi connectivity index (χ3n) is 4.89. The van der Waals surface area contributed by atoms with Crippen LogP contribution in [0.25, 0.3) is 0 Å². The van der Waals surface area contributed by atoms with Crippen molar-refractivity contribution in [1.29, 1.82) is 0 Å². The first-order valence-corrected chi connectivity index (χ1v) is 8.96. The van der Waals surface area contributed by atoms with Crippen LogP contribution in [0.3, 0.4) is 0 Å². The van der Waals surface area contributed by atoms with Crippen LogP contribution in [-0.4, -0.2) is 23.7 Å². The van der Waals surface area contributed by atoms with Gasteiger partial charge in [0, 0.05) is 30.9 Å². The number of carbonyl (C=O) groups excluding carboxylic acids is 2. The van der Waals surface area contributed by atoms with Crippen molar-refractivity contribution in [1.82, 2.24) is 0 Å². The molecule has 0 saturated heterocycles. The molecule has 1 aliphatic heterocycles. The quantitative estimate of drug-likeness (QED) is 0.531. The molecule has 0 aromatic heterocycles. The van der Waals surface area contributed by atoms with Crippen molar-refractivity contribution in [3.8, 4) is 5.75 Å². The summed E-state index contributed by atoms with van der Waals surface area (Å²) in [6, 6.07) is 10.7. The number of hydrogen-bond donors (Lipinski definition) is 3. The van der Waals surface area contributed by atoms with Crippen LogP contribution in [0, 0.1) is 0 Å². The number of para-hydroxylation sites is 1. The first-order chi connectivity index (χ1) is 12.9. The maximum atomic E-state index is 12.8. The van der Waals surface area contributed by atoms with E-state index in [0.29, 0.717) is 36.4 Å². The third-order valence-corrected chi connectivity index (χ3v) is 4.89. The first kappa shape index (κ1) is 19.3. The zero-order valence-corrected chi connectivity index (χ0v) is 15.3. The summed E-state index contributed by atoms with van der Waals surface area (Å²) in [7, 11) is -1.14. The molecule has 140 valence electrons. The fourth-order valence-electron chi connectivity index (χ4n) is 3.45. The highest BCUT2D eigenvalue weighted by molar-refractivity contribution is 6.47. The number of benzene rings is 2. The predicted octanol–water partition coefficient (Wildman–Crippen LogP) is 1.87. The lowest BCUT2D eigenvalue weighted by atomic mass is 9.64. The summed E-state index contributed by atoms with van der Waals surface area (Å²) >= 11 is 0. The minimum absolute atomic E-state index is 0.0983. The van der Waals surface area contributed by atoms with E-state index >= 15 is 0 Å². The molecule has 0 fully saturated rings. The van der Waals surface area contributed by atoms with Gasteiger partial charge in [-0.15, -0.1) is 0 Å². The molecule has 0 radical (unpaired) electrons. The van der Waals surface area contributed by atoms with Crippen LogP contribution in [0.1, 0.15) is 50.8 Å². The van der Waals surface area contributed by atoms with E-state index in [1.54, 1.807) is 24.3 Å². The van der Waals surface area contributed by atoms with E-state index < -0.39 is 12.9 Å². The van der Waals surface area contributed by atoms with Gasteiger partial charge in [0.25, 0.3) is 0 Å². The number of hydrogen-bond acceptors (Lipinski definition) is 6. The summed E-state index contributed by atoms with van der Waals surface area (Å²) in [6.07, 6.45) is 0.590. The van der Waals surface area contributed by atoms with E-state index in [2.05, 4.69) is 0 Å². The van der Waals surface area contributed by atoms with Crippen LogP contribution in [0.15, 0.2) is 36.4 Å². The first-order valence-electron chi connectivity index (χ1n) is 8.96. The number of Topliss-reactive ketones (excluding diaryl/α,β-unsaturated/α-hetero) is 2. The molecule has 27 heavy (non-hydrogen) atoms. The van der Waals surface area contributed by atoms with Gasteiger partial charge in [-0.05, 0) is 48.2 Å². The molecule has 2 aromatic rings. The topological polar surface area (TPSA) is 116 Å². The summed E-state index contributed by atoms with van der Waals surface area (Å²) in [6.45, 7) is 2.11. The Bertz CT molecular complexity index is 862. The van der Waals surface area contributed by atoms with Crippen molar-refractivity contribution in [2.45, 2.75) is 38.7 Å². The second kappa shape index (κ2) is 8.04. The van der Waals surface area contributed by atoms with Crippen LogP contribution < -0.4 is 16.1 Å². The van der Waals surface area contributed by atoms with Crippen molar-refractivity contribution in [2.24, 2.45) is 11.5 Å². The predicted molar refractivity (Wildman–Crippen MR) is 104 cm³/mol. The molecule has 0 aliphatic carbocycles. The minimum atomic E-state index is -1.14. The van der Waals surface area contributed by atoms with Gasteiger partial charge >= 0.3 is 7.12 Å². The molecular weight excluding hydrogens is 343 g/mol. The van der Waals surface area contributed by atoms with E-state index in [9.17, 15) is 14.6 Å². The second-order valence-corrected chi connectivity index (χ2v) is 6.90. The van der Waals surface area contributed by atoms with Crippen LogP contribution >= 0.6 is 0 Å². The van der Waals surface area contributed by atoms with Crippen LogP contribution in [-0.2, 0) is 19.5 Å². The molecule has 0 unspecified atom stereocenters. The van der Waals surface area contributed by atoms with E-state index in [1.807, 2.05) is 12.1 Å². The summed E-state index contributed by atoms with van der Waals surface area (Å²) in [4.78, 5) is 24.5. The average Bonchev–Trinajstić information content (AvgIpc) is 2.67. The third kappa shape index (κ3) is 4.11. The molecular formula is C20H23BN2O4. The molecule has 0 spiro atoms. The summed E-state index contributed by atoms with van der Waals surface area (Å²) in [5.74, 6) is -0.202. The number of nitrogens with two attached hydrogens (primary N) is 2. The minimum Gasteiger partial charge on any atom is -0.535 e. The number of carbonyl (C=O) groups is 2. The van der Waals surface area contributed by atoms with Gasteiger partial charge in [-0.2, -0.15) is 0 Å². The number of rotatable bonds is 6. The summed E-state index contributed by atoms with van der Waals surface area (Å²) in [5.41, 5.74) is 14.9. The lowest BCUT2D eigenvalue weighted by Crippen LogP contribution is -2.35. The molecule has 0 bridgehead atoms. The Morgan fingerprint density at radius 2 is 1.85 bits per heavy atom. The summed E-state index contributed by atoms with van der Waals surface area (Å²) in [5, 5.41) is 10.4. The van der Waals surface area contributed by atoms with Crippen LogP contribution in [0.2, 0.25) is 5.82 Å². The highest BCUT2D eigenvalue weighted by atomic mass is 16.5. The molecule has 1 aliphatic rings. The molecule has 0 amide bonds. The Morgan fingerprint density at radius 3 is 2.44 bits per heavy atom. The molecule has 5 N–H and O–H groups in total. The van der Waals surface area contributed by atoms with Gasteiger partial charge < -0.3 is 21.1 Å². The van der Waals surface area contributed by atoms with Crippen molar-refractivity contribution < 1.29 is 19.3 Å². The smallest absolute Gasteiger partial charge is 0.526 e. The fraction of sp³-hybridized carbons (Fsp3) is 0.300. The van der Waals surface area contributed by atoms with Crippen LogP contribution in [0.5, 0.6) is 5.75 Å². The van der Waals surface area contributed by atoms with Gasteiger partial charge in [-0.25, -0.2) is 0 Å². The Hall–Kier alpha value is -2.48. The molecule has 0 saturated carbocycles. The van der Waals surface area contributed by atoms with Crippen molar-refractivity contribution in [2.75, 3.05) is 0 Å². The van der Waals surface area contributed by atoms with E-state index in [-0.39, 0.29) is 18.0 Å². The molecule has 3 rings (SSSR count). The fourth-order valence-corrected chi connectivity index (χ4v) is 3.45. The second-order valence-electron chi connectivity index (χ2n) is 6.90. The van der Waals surface area contributed by atoms with Gasteiger partial charge in [0.2, 0.25) is 0 Å².